The molecule has 0 fully saturated rings. The van der Waals surface area contributed by atoms with E-state index in [2.05, 4.69) is 4.98 Å². The van der Waals surface area contributed by atoms with E-state index in [-0.39, 0.29) is 29.4 Å². The number of methoxy groups -OCH3 is 1. The Kier molecular flexibility index (Phi) is 7.64. The van der Waals surface area contributed by atoms with Gasteiger partial charge in [0.2, 0.25) is 5.91 Å². The highest BCUT2D eigenvalue weighted by atomic mass is 32.2. The van der Waals surface area contributed by atoms with E-state index >= 15 is 0 Å². The first kappa shape index (κ1) is 23.2. The molecule has 3 rings (SSSR count). The second kappa shape index (κ2) is 10.2. The number of benzene rings is 2. The van der Waals surface area contributed by atoms with Crippen LogP contribution in [0, 0.1) is 0 Å². The predicted molar refractivity (Wildman–Crippen MR) is 125 cm³/mol. The van der Waals surface area contributed by atoms with Crippen LogP contribution >= 0.6 is 11.3 Å². The Balaban J connectivity index is 1.75. The molecule has 0 unspecified atom stereocenters. The summed E-state index contributed by atoms with van der Waals surface area (Å²) in [6.45, 7) is 1.14. The molecule has 0 radical (unpaired) electrons. The van der Waals surface area contributed by atoms with Crippen molar-refractivity contribution in [1.82, 2.24) is 9.88 Å². The van der Waals surface area contributed by atoms with Crippen molar-refractivity contribution < 1.29 is 17.9 Å². The van der Waals surface area contributed by atoms with Crippen molar-refractivity contribution in [3.8, 4) is 5.75 Å². The topological polar surface area (TPSA) is 79.8 Å². The maximum Gasteiger partial charge on any atom is 0.228 e. The molecule has 0 aliphatic rings. The van der Waals surface area contributed by atoms with Gasteiger partial charge in [-0.25, -0.2) is 13.4 Å². The Bertz CT molecular complexity index is 1130. The third-order valence-corrected chi connectivity index (χ3v) is 7.66. The van der Waals surface area contributed by atoms with Gasteiger partial charge in [-0.2, -0.15) is 0 Å². The van der Waals surface area contributed by atoms with Gasteiger partial charge in [0.25, 0.3) is 0 Å². The monoisotopic (exact) mass is 461 g/mol. The first-order chi connectivity index (χ1) is 14.8. The van der Waals surface area contributed by atoms with Crippen LogP contribution in [0.5, 0.6) is 5.75 Å². The fraction of sp³-hybridized carbons (Fsp3) is 0.364. The summed E-state index contributed by atoms with van der Waals surface area (Å²) in [5, 5.41) is 0.595. The third kappa shape index (κ3) is 5.81. The second-order valence-electron chi connectivity index (χ2n) is 7.39. The molecule has 9 heteroatoms. The Morgan fingerprint density at radius 1 is 1.06 bits per heavy atom. The number of nitrogens with zero attached hydrogens (tertiary/aromatic N) is 3. The van der Waals surface area contributed by atoms with E-state index in [9.17, 15) is 13.2 Å². The Morgan fingerprint density at radius 2 is 1.81 bits per heavy atom. The number of likely N-dealkylation sites (N-methyl/N-ethyl adjacent to an activating group) is 1. The molecule has 0 aliphatic carbocycles. The minimum Gasteiger partial charge on any atom is -0.494 e. The molecule has 0 spiro atoms. The molecule has 1 heterocycles. The Morgan fingerprint density at radius 3 is 2.48 bits per heavy atom. The molecule has 0 N–H and O–H groups in total. The van der Waals surface area contributed by atoms with Gasteiger partial charge in [-0.3, -0.25) is 9.69 Å². The van der Waals surface area contributed by atoms with E-state index in [0.29, 0.717) is 24.0 Å². The van der Waals surface area contributed by atoms with Crippen molar-refractivity contribution >= 4 is 42.4 Å². The maximum absolute atomic E-state index is 13.1. The zero-order valence-electron chi connectivity index (χ0n) is 17.9. The van der Waals surface area contributed by atoms with Crippen molar-refractivity contribution in [2.24, 2.45) is 0 Å². The van der Waals surface area contributed by atoms with Crippen molar-refractivity contribution in [2.45, 2.75) is 17.7 Å². The molecular weight excluding hydrogens is 434 g/mol. The zero-order chi connectivity index (χ0) is 22.4. The quantitative estimate of drug-likeness (QED) is 0.460. The Hall–Kier alpha value is -2.49. The molecular formula is C22H27N3O4S2. The maximum atomic E-state index is 13.1. The average Bonchev–Trinajstić information content (AvgIpc) is 3.18. The van der Waals surface area contributed by atoms with E-state index in [1.54, 1.807) is 42.3 Å². The summed E-state index contributed by atoms with van der Waals surface area (Å²) in [6, 6.07) is 14.0. The van der Waals surface area contributed by atoms with E-state index in [4.69, 9.17) is 4.74 Å². The van der Waals surface area contributed by atoms with Gasteiger partial charge in [-0.15, -0.1) is 0 Å². The van der Waals surface area contributed by atoms with Gasteiger partial charge in [0, 0.05) is 19.5 Å². The number of ether oxygens (including phenoxy) is 1. The first-order valence-electron chi connectivity index (χ1n) is 9.98. The smallest absolute Gasteiger partial charge is 0.228 e. The van der Waals surface area contributed by atoms with Crippen LogP contribution in [0.2, 0.25) is 0 Å². The van der Waals surface area contributed by atoms with E-state index in [1.165, 1.54) is 11.3 Å². The van der Waals surface area contributed by atoms with Crippen LogP contribution in [0.4, 0.5) is 5.13 Å². The van der Waals surface area contributed by atoms with Gasteiger partial charge in [0.05, 0.1) is 22.5 Å². The number of hydrogen-bond donors (Lipinski definition) is 0. The number of thiazole rings is 1. The minimum absolute atomic E-state index is 0.0715. The van der Waals surface area contributed by atoms with Crippen LogP contribution in [0.15, 0.2) is 53.4 Å². The number of rotatable bonds is 10. The lowest BCUT2D eigenvalue weighted by Gasteiger charge is -2.22. The normalized spacial score (nSPS) is 11.7. The lowest BCUT2D eigenvalue weighted by molar-refractivity contribution is -0.118. The molecule has 0 saturated carbocycles. The van der Waals surface area contributed by atoms with Gasteiger partial charge in [-0.1, -0.05) is 35.6 Å². The number of carbonyl (C=O) groups is 1. The highest BCUT2D eigenvalue weighted by Crippen LogP contribution is 2.34. The highest BCUT2D eigenvalue weighted by molar-refractivity contribution is 7.91. The number of aromatic nitrogens is 1. The summed E-state index contributed by atoms with van der Waals surface area (Å²) < 4.78 is 31.3. The van der Waals surface area contributed by atoms with Gasteiger partial charge in [0.15, 0.2) is 15.0 Å². The average molecular weight is 462 g/mol. The van der Waals surface area contributed by atoms with Crippen LogP contribution in [-0.2, 0) is 14.6 Å². The number of anilines is 1. The molecule has 0 atom stereocenters. The number of hydrogen-bond acceptors (Lipinski definition) is 7. The van der Waals surface area contributed by atoms with E-state index in [0.717, 1.165) is 10.2 Å². The molecule has 7 nitrogen and oxygen atoms in total. The number of sulfone groups is 1. The summed E-state index contributed by atoms with van der Waals surface area (Å²) in [6.07, 6.45) is 0.384. The van der Waals surface area contributed by atoms with Crippen LogP contribution in [0.3, 0.4) is 0 Å². The van der Waals surface area contributed by atoms with Crippen molar-refractivity contribution in [3.63, 3.8) is 0 Å². The van der Waals surface area contributed by atoms with Crippen molar-refractivity contribution in [1.29, 1.82) is 0 Å². The van der Waals surface area contributed by atoms with Crippen molar-refractivity contribution in [2.75, 3.05) is 44.9 Å². The van der Waals surface area contributed by atoms with Crippen LogP contribution in [-0.4, -0.2) is 64.3 Å². The predicted octanol–water partition coefficient (Wildman–Crippen LogP) is 3.45. The number of fused-ring (bicyclic) bond motifs is 1. The molecule has 31 heavy (non-hydrogen) atoms. The van der Waals surface area contributed by atoms with Gasteiger partial charge in [-0.05, 0) is 44.8 Å². The fourth-order valence-electron chi connectivity index (χ4n) is 3.11. The summed E-state index contributed by atoms with van der Waals surface area (Å²) in [4.78, 5) is 21.6. The number of amides is 1. The van der Waals surface area contributed by atoms with Crippen LogP contribution in [0.1, 0.15) is 12.8 Å². The lowest BCUT2D eigenvalue weighted by atomic mass is 10.3. The molecule has 3 aromatic rings. The van der Waals surface area contributed by atoms with Gasteiger partial charge < -0.3 is 9.64 Å². The zero-order valence-corrected chi connectivity index (χ0v) is 19.6. The van der Waals surface area contributed by atoms with Crippen LogP contribution in [0.25, 0.3) is 10.2 Å². The van der Waals surface area contributed by atoms with Gasteiger partial charge in [0.1, 0.15) is 11.3 Å². The first-order valence-corrected chi connectivity index (χ1v) is 12.4. The highest BCUT2D eigenvalue weighted by Gasteiger charge is 2.22. The Labute approximate surface area is 187 Å². The SMILES string of the molecule is COc1cccc2sc(N(CCN(C)C)C(=O)CCCS(=O)(=O)c3ccccc3)nc12. The minimum atomic E-state index is -3.41. The number of para-hydroxylation sites is 1. The second-order valence-corrected chi connectivity index (χ2v) is 10.5. The molecule has 1 amide bonds. The largest absolute Gasteiger partial charge is 0.494 e. The molecule has 0 saturated heterocycles. The molecule has 0 aliphatic heterocycles. The lowest BCUT2D eigenvalue weighted by Crippen LogP contribution is -2.36. The van der Waals surface area contributed by atoms with Crippen molar-refractivity contribution in [3.05, 3.63) is 48.5 Å². The standard InChI is InChI=1S/C22H27N3O4S2/c1-24(2)14-15-25(22-23-21-18(29-3)11-7-12-19(21)30-22)20(26)13-8-16-31(27,28)17-9-5-4-6-10-17/h4-7,9-12H,8,13-16H2,1-3H3. The fourth-order valence-corrected chi connectivity index (χ4v) is 5.47. The van der Waals surface area contributed by atoms with E-state index in [1.807, 2.05) is 37.2 Å². The summed E-state index contributed by atoms with van der Waals surface area (Å²) in [5.41, 5.74) is 0.722. The summed E-state index contributed by atoms with van der Waals surface area (Å²) >= 11 is 1.43. The van der Waals surface area contributed by atoms with E-state index < -0.39 is 9.84 Å². The third-order valence-electron chi connectivity index (χ3n) is 4.80. The van der Waals surface area contributed by atoms with Gasteiger partial charge >= 0.3 is 0 Å². The summed E-state index contributed by atoms with van der Waals surface area (Å²) in [7, 11) is 2.07. The van der Waals surface area contributed by atoms with Crippen LogP contribution < -0.4 is 9.64 Å². The summed E-state index contributed by atoms with van der Waals surface area (Å²) in [5.74, 6) is 0.454. The molecule has 0 bridgehead atoms. The molecule has 166 valence electrons. The molecule has 1 aromatic heterocycles. The molecule has 2 aromatic carbocycles. The number of carbonyl (C=O) groups excluding carboxylic acids is 1.